The van der Waals surface area contributed by atoms with E-state index in [9.17, 15) is 4.79 Å². The fourth-order valence-electron chi connectivity index (χ4n) is 3.56. The van der Waals surface area contributed by atoms with Gasteiger partial charge in [0.25, 0.3) is 5.91 Å². The molecule has 0 aliphatic carbocycles. The van der Waals surface area contributed by atoms with Gasteiger partial charge in [-0.05, 0) is 49.2 Å². The van der Waals surface area contributed by atoms with Crippen molar-refractivity contribution in [1.29, 1.82) is 0 Å². The number of aromatic nitrogens is 3. The number of hydrogen-bond donors (Lipinski definition) is 0. The molecule has 0 bridgehead atoms. The molecule has 0 atom stereocenters. The van der Waals surface area contributed by atoms with Crippen molar-refractivity contribution in [1.82, 2.24) is 19.4 Å². The maximum Gasteiger partial charge on any atom is 0.254 e. The van der Waals surface area contributed by atoms with Crippen LogP contribution in [-0.4, -0.2) is 32.4 Å². The SMILES string of the molecule is Cc1ccc(C)c(Cn2c(CN(C)C(=O)c3ccncc3)nc3ccccc32)c1. The van der Waals surface area contributed by atoms with Crippen LogP contribution in [-0.2, 0) is 13.1 Å². The van der Waals surface area contributed by atoms with E-state index in [1.807, 2.05) is 25.2 Å². The maximum atomic E-state index is 12.8. The van der Waals surface area contributed by atoms with Crippen LogP contribution in [0.1, 0.15) is 32.9 Å². The third kappa shape index (κ3) is 3.90. The molecule has 0 unspecified atom stereocenters. The number of amides is 1. The lowest BCUT2D eigenvalue weighted by molar-refractivity contribution is 0.0780. The predicted molar refractivity (Wildman–Crippen MR) is 115 cm³/mol. The van der Waals surface area contributed by atoms with Gasteiger partial charge in [-0.25, -0.2) is 4.98 Å². The van der Waals surface area contributed by atoms with Crippen LogP contribution in [0.2, 0.25) is 0 Å². The largest absolute Gasteiger partial charge is 0.334 e. The second kappa shape index (κ2) is 7.87. The third-order valence-corrected chi connectivity index (χ3v) is 5.22. The van der Waals surface area contributed by atoms with E-state index in [1.54, 1.807) is 29.4 Å². The van der Waals surface area contributed by atoms with Gasteiger partial charge in [-0.2, -0.15) is 0 Å². The zero-order valence-corrected chi connectivity index (χ0v) is 17.0. The van der Waals surface area contributed by atoms with E-state index < -0.39 is 0 Å². The highest BCUT2D eigenvalue weighted by Crippen LogP contribution is 2.21. The Morgan fingerprint density at radius 3 is 2.59 bits per heavy atom. The summed E-state index contributed by atoms with van der Waals surface area (Å²) in [7, 11) is 1.81. The first-order chi connectivity index (χ1) is 14.0. The van der Waals surface area contributed by atoms with Crippen molar-refractivity contribution >= 4 is 16.9 Å². The van der Waals surface area contributed by atoms with E-state index >= 15 is 0 Å². The molecule has 146 valence electrons. The summed E-state index contributed by atoms with van der Waals surface area (Å²) < 4.78 is 2.22. The van der Waals surface area contributed by atoms with Crippen LogP contribution in [0.25, 0.3) is 11.0 Å². The molecule has 0 aliphatic rings. The normalized spacial score (nSPS) is 11.0. The highest BCUT2D eigenvalue weighted by Gasteiger charge is 2.17. The summed E-state index contributed by atoms with van der Waals surface area (Å²) in [4.78, 5) is 23.3. The molecule has 0 spiro atoms. The van der Waals surface area contributed by atoms with Gasteiger partial charge in [-0.3, -0.25) is 9.78 Å². The summed E-state index contributed by atoms with van der Waals surface area (Å²) in [5.74, 6) is 0.828. The van der Waals surface area contributed by atoms with E-state index in [-0.39, 0.29) is 5.91 Å². The van der Waals surface area contributed by atoms with Crippen molar-refractivity contribution in [2.75, 3.05) is 7.05 Å². The van der Waals surface area contributed by atoms with Gasteiger partial charge in [0, 0.05) is 31.5 Å². The molecule has 2 aromatic heterocycles. The number of carbonyl (C=O) groups is 1. The molecule has 0 saturated carbocycles. The number of aryl methyl sites for hydroxylation is 2. The van der Waals surface area contributed by atoms with Crippen LogP contribution in [0.3, 0.4) is 0 Å². The fraction of sp³-hybridized carbons (Fsp3) is 0.208. The molecule has 0 aliphatic heterocycles. The predicted octanol–water partition coefficient (Wildman–Crippen LogP) is 4.37. The van der Waals surface area contributed by atoms with Gasteiger partial charge in [0.05, 0.1) is 17.6 Å². The molecule has 0 radical (unpaired) electrons. The number of pyridine rings is 1. The zero-order chi connectivity index (χ0) is 20.4. The van der Waals surface area contributed by atoms with Crippen molar-refractivity contribution in [3.63, 3.8) is 0 Å². The number of hydrogen-bond acceptors (Lipinski definition) is 3. The molecule has 0 fully saturated rings. The van der Waals surface area contributed by atoms with Crippen molar-refractivity contribution in [2.24, 2.45) is 0 Å². The number of rotatable bonds is 5. The molecule has 0 N–H and O–H groups in total. The third-order valence-electron chi connectivity index (χ3n) is 5.22. The van der Waals surface area contributed by atoms with Crippen molar-refractivity contribution < 1.29 is 4.79 Å². The number of benzene rings is 2. The number of imidazole rings is 1. The Bertz CT molecular complexity index is 1160. The van der Waals surface area contributed by atoms with E-state index in [1.165, 1.54) is 16.7 Å². The number of nitrogens with zero attached hydrogens (tertiary/aromatic N) is 4. The molecule has 4 aromatic rings. The summed E-state index contributed by atoms with van der Waals surface area (Å²) >= 11 is 0. The molecule has 4 rings (SSSR count). The van der Waals surface area contributed by atoms with E-state index in [0.29, 0.717) is 12.1 Å². The Kier molecular flexibility index (Phi) is 5.12. The van der Waals surface area contributed by atoms with Gasteiger partial charge in [0.2, 0.25) is 0 Å². The van der Waals surface area contributed by atoms with Crippen LogP contribution in [0.4, 0.5) is 0 Å². The Balaban J connectivity index is 1.70. The van der Waals surface area contributed by atoms with Gasteiger partial charge in [0.15, 0.2) is 0 Å². The summed E-state index contributed by atoms with van der Waals surface area (Å²) in [5, 5.41) is 0. The summed E-state index contributed by atoms with van der Waals surface area (Å²) in [6, 6.07) is 18.1. The minimum absolute atomic E-state index is 0.0438. The average Bonchev–Trinajstić information content (AvgIpc) is 3.07. The van der Waals surface area contributed by atoms with E-state index in [4.69, 9.17) is 4.98 Å². The van der Waals surface area contributed by atoms with E-state index in [0.717, 1.165) is 23.4 Å². The first-order valence-corrected chi connectivity index (χ1v) is 9.68. The molecule has 5 nitrogen and oxygen atoms in total. The molecule has 1 amide bonds. The quantitative estimate of drug-likeness (QED) is 0.513. The van der Waals surface area contributed by atoms with E-state index in [2.05, 4.69) is 47.7 Å². The van der Waals surface area contributed by atoms with Crippen molar-refractivity contribution in [3.8, 4) is 0 Å². The van der Waals surface area contributed by atoms with Gasteiger partial charge in [-0.15, -0.1) is 0 Å². The zero-order valence-electron chi connectivity index (χ0n) is 17.0. The highest BCUT2D eigenvalue weighted by atomic mass is 16.2. The van der Waals surface area contributed by atoms with Gasteiger partial charge in [-0.1, -0.05) is 35.9 Å². The Morgan fingerprint density at radius 2 is 1.79 bits per heavy atom. The summed E-state index contributed by atoms with van der Waals surface area (Å²) in [6.07, 6.45) is 3.27. The number of fused-ring (bicyclic) bond motifs is 1. The van der Waals surface area contributed by atoms with Gasteiger partial charge in [0.1, 0.15) is 5.82 Å². The van der Waals surface area contributed by atoms with Crippen LogP contribution in [0.15, 0.2) is 67.0 Å². The highest BCUT2D eigenvalue weighted by molar-refractivity contribution is 5.93. The molecular weight excluding hydrogens is 360 g/mol. The van der Waals surface area contributed by atoms with Crippen LogP contribution in [0.5, 0.6) is 0 Å². The average molecular weight is 384 g/mol. The lowest BCUT2D eigenvalue weighted by Gasteiger charge is -2.19. The molecule has 29 heavy (non-hydrogen) atoms. The molecule has 2 aromatic carbocycles. The Morgan fingerprint density at radius 1 is 1.03 bits per heavy atom. The topological polar surface area (TPSA) is 51.0 Å². The molecular formula is C24H24N4O. The first-order valence-electron chi connectivity index (χ1n) is 9.68. The smallest absolute Gasteiger partial charge is 0.254 e. The van der Waals surface area contributed by atoms with Crippen LogP contribution >= 0.6 is 0 Å². The van der Waals surface area contributed by atoms with Crippen molar-refractivity contribution in [3.05, 3.63) is 95.1 Å². The second-order valence-corrected chi connectivity index (χ2v) is 7.43. The number of para-hydroxylation sites is 2. The summed E-state index contributed by atoms with van der Waals surface area (Å²) in [5.41, 5.74) is 6.39. The lowest BCUT2D eigenvalue weighted by atomic mass is 10.1. The first kappa shape index (κ1) is 18.9. The van der Waals surface area contributed by atoms with Gasteiger partial charge < -0.3 is 9.47 Å². The number of carbonyl (C=O) groups excluding carboxylic acids is 1. The second-order valence-electron chi connectivity index (χ2n) is 7.43. The standard InChI is InChI=1S/C24H24N4O/c1-17-8-9-18(2)20(14-17)15-28-22-7-5-4-6-21(22)26-23(28)16-27(3)24(29)19-10-12-25-13-11-19/h4-14H,15-16H2,1-3H3. The minimum atomic E-state index is -0.0438. The molecule has 5 heteroatoms. The molecule has 2 heterocycles. The Labute approximate surface area is 170 Å². The molecule has 0 saturated heterocycles. The summed E-state index contributed by atoms with van der Waals surface area (Å²) in [6.45, 7) is 5.39. The monoisotopic (exact) mass is 384 g/mol. The van der Waals surface area contributed by atoms with Gasteiger partial charge >= 0.3 is 0 Å². The van der Waals surface area contributed by atoms with Crippen molar-refractivity contribution in [2.45, 2.75) is 26.9 Å². The Hall–Kier alpha value is -3.47. The minimum Gasteiger partial charge on any atom is -0.334 e. The fourth-order valence-corrected chi connectivity index (χ4v) is 3.56. The van der Waals surface area contributed by atoms with Crippen LogP contribution < -0.4 is 0 Å². The van der Waals surface area contributed by atoms with Crippen LogP contribution in [0, 0.1) is 13.8 Å². The maximum absolute atomic E-state index is 12.8. The lowest BCUT2D eigenvalue weighted by Crippen LogP contribution is -2.28.